The fraction of sp³-hybridized carbons (Fsp3) is 0.588. The Balaban J connectivity index is 1.67. The van der Waals surface area contributed by atoms with Crippen LogP contribution >= 0.6 is 0 Å². The van der Waals surface area contributed by atoms with Gasteiger partial charge >= 0.3 is 0 Å². The van der Waals surface area contributed by atoms with Gasteiger partial charge in [0, 0.05) is 24.3 Å². The summed E-state index contributed by atoms with van der Waals surface area (Å²) in [7, 11) is 0. The predicted molar refractivity (Wildman–Crippen MR) is 81.7 cm³/mol. The lowest BCUT2D eigenvalue weighted by molar-refractivity contribution is -0.110. The highest BCUT2D eigenvalue weighted by Gasteiger charge is 2.30. The molecule has 1 amide bonds. The topological polar surface area (TPSA) is 32.3 Å². The maximum absolute atomic E-state index is 13.1. The summed E-state index contributed by atoms with van der Waals surface area (Å²) >= 11 is 0. The zero-order chi connectivity index (χ0) is 14.7. The second-order valence-electron chi connectivity index (χ2n) is 6.36. The van der Waals surface area contributed by atoms with Crippen LogP contribution in [0.1, 0.15) is 38.5 Å². The lowest BCUT2D eigenvalue weighted by Gasteiger charge is -2.38. The van der Waals surface area contributed by atoms with Gasteiger partial charge in [-0.15, -0.1) is 0 Å². The normalized spacial score (nSPS) is 25.4. The van der Waals surface area contributed by atoms with Gasteiger partial charge in [0.05, 0.1) is 0 Å². The summed E-state index contributed by atoms with van der Waals surface area (Å²) < 4.78 is 13.1. The van der Waals surface area contributed by atoms with E-state index in [4.69, 9.17) is 0 Å². The molecule has 0 atom stereocenters. The number of carbonyl (C=O) groups excluding carboxylic acids is 1. The Kier molecular flexibility index (Phi) is 4.42. The molecule has 0 saturated heterocycles. The maximum atomic E-state index is 13.1. The van der Waals surface area contributed by atoms with E-state index < -0.39 is 0 Å². The molecular weight excluding hydrogens is 267 g/mol. The third-order valence-corrected chi connectivity index (χ3v) is 4.75. The first-order valence-corrected chi connectivity index (χ1v) is 7.98. The molecule has 114 valence electrons. The van der Waals surface area contributed by atoms with E-state index in [9.17, 15) is 9.18 Å². The molecule has 2 fully saturated rings. The molecule has 0 spiro atoms. The molecular formula is C17H23FN2O. The molecule has 3 rings (SSSR count). The fourth-order valence-electron chi connectivity index (χ4n) is 3.33. The van der Waals surface area contributed by atoms with E-state index in [1.165, 1.54) is 12.8 Å². The van der Waals surface area contributed by atoms with Gasteiger partial charge in [-0.25, -0.2) is 4.39 Å². The van der Waals surface area contributed by atoms with Gasteiger partial charge in [-0.2, -0.15) is 0 Å². The van der Waals surface area contributed by atoms with E-state index in [-0.39, 0.29) is 5.82 Å². The van der Waals surface area contributed by atoms with Crippen LogP contribution < -0.4 is 10.2 Å². The van der Waals surface area contributed by atoms with Crippen LogP contribution in [-0.2, 0) is 4.79 Å². The number of carbonyl (C=O) groups is 1. The Hall–Kier alpha value is -1.58. The Morgan fingerprint density at radius 2 is 1.76 bits per heavy atom. The van der Waals surface area contributed by atoms with Gasteiger partial charge in [0.2, 0.25) is 6.41 Å². The number of nitrogens with zero attached hydrogens (tertiary/aromatic N) is 1. The second kappa shape index (κ2) is 6.46. The van der Waals surface area contributed by atoms with Gasteiger partial charge in [0.15, 0.2) is 0 Å². The largest absolute Gasteiger partial charge is 0.368 e. The fourth-order valence-corrected chi connectivity index (χ4v) is 3.33. The summed E-state index contributed by atoms with van der Waals surface area (Å²) in [5, 5.41) is 2.90. The molecule has 0 radical (unpaired) electrons. The van der Waals surface area contributed by atoms with Crippen molar-refractivity contribution in [2.45, 2.75) is 50.6 Å². The minimum Gasteiger partial charge on any atom is -0.368 e. The SMILES string of the molecule is O=CNC1CCC(N(CC2CC2)c2ccc(F)cc2)CC1. The van der Waals surface area contributed by atoms with Crippen LogP contribution in [0.4, 0.5) is 10.1 Å². The molecule has 0 unspecified atom stereocenters. The Morgan fingerprint density at radius 3 is 2.33 bits per heavy atom. The standard InChI is InChI=1S/C17H23FN2O/c18-14-3-7-16(8-4-14)20(11-13-1-2-13)17-9-5-15(6-10-17)19-12-21/h3-4,7-8,12-13,15,17H,1-2,5-6,9-11H2,(H,19,21). The number of amides is 1. The van der Waals surface area contributed by atoms with Crippen molar-refractivity contribution in [3.05, 3.63) is 30.1 Å². The highest BCUT2D eigenvalue weighted by molar-refractivity contribution is 5.48. The average molecular weight is 290 g/mol. The number of nitrogens with one attached hydrogen (secondary N) is 1. The van der Waals surface area contributed by atoms with Crippen LogP contribution in [-0.4, -0.2) is 25.0 Å². The van der Waals surface area contributed by atoms with Crippen molar-refractivity contribution in [1.29, 1.82) is 0 Å². The van der Waals surface area contributed by atoms with Crippen LogP contribution in [0.2, 0.25) is 0 Å². The van der Waals surface area contributed by atoms with E-state index in [2.05, 4.69) is 10.2 Å². The lowest BCUT2D eigenvalue weighted by atomic mass is 9.89. The number of anilines is 1. The first-order valence-electron chi connectivity index (χ1n) is 7.98. The van der Waals surface area contributed by atoms with Gasteiger partial charge in [-0.1, -0.05) is 0 Å². The van der Waals surface area contributed by atoms with E-state index in [0.29, 0.717) is 12.1 Å². The van der Waals surface area contributed by atoms with Gasteiger partial charge in [0.25, 0.3) is 0 Å². The predicted octanol–water partition coefficient (Wildman–Crippen LogP) is 3.10. The number of rotatable bonds is 6. The minimum atomic E-state index is -0.177. The van der Waals surface area contributed by atoms with Crippen LogP contribution in [0.15, 0.2) is 24.3 Å². The Bertz CT molecular complexity index is 464. The molecule has 1 aromatic carbocycles. The van der Waals surface area contributed by atoms with Gasteiger partial charge < -0.3 is 10.2 Å². The first-order chi connectivity index (χ1) is 10.3. The molecule has 0 aliphatic heterocycles. The molecule has 0 aromatic heterocycles. The van der Waals surface area contributed by atoms with Gasteiger partial charge in [-0.05, 0) is 68.7 Å². The third kappa shape index (κ3) is 3.74. The zero-order valence-electron chi connectivity index (χ0n) is 12.3. The summed E-state index contributed by atoms with van der Waals surface area (Å²) in [6.07, 6.45) is 7.70. The van der Waals surface area contributed by atoms with Gasteiger partial charge in [-0.3, -0.25) is 4.79 Å². The number of hydrogen-bond acceptors (Lipinski definition) is 2. The van der Waals surface area contributed by atoms with Crippen molar-refractivity contribution >= 4 is 12.1 Å². The highest BCUT2D eigenvalue weighted by Crippen LogP contribution is 2.35. The molecule has 2 aliphatic carbocycles. The van der Waals surface area contributed by atoms with Crippen LogP contribution in [0.3, 0.4) is 0 Å². The zero-order valence-corrected chi connectivity index (χ0v) is 12.3. The van der Waals surface area contributed by atoms with Crippen LogP contribution in [0.25, 0.3) is 0 Å². The summed E-state index contributed by atoms with van der Waals surface area (Å²) in [4.78, 5) is 13.0. The van der Waals surface area contributed by atoms with Crippen molar-refractivity contribution < 1.29 is 9.18 Å². The van der Waals surface area contributed by atoms with Gasteiger partial charge in [0.1, 0.15) is 5.82 Å². The first kappa shape index (κ1) is 14.4. The Labute approximate surface area is 125 Å². The molecule has 1 aromatic rings. The monoisotopic (exact) mass is 290 g/mol. The van der Waals surface area contributed by atoms with E-state index in [1.54, 1.807) is 12.1 Å². The van der Waals surface area contributed by atoms with Crippen molar-refractivity contribution in [3.8, 4) is 0 Å². The Morgan fingerprint density at radius 1 is 1.10 bits per heavy atom. The molecule has 1 N–H and O–H groups in total. The third-order valence-electron chi connectivity index (χ3n) is 4.75. The van der Waals surface area contributed by atoms with E-state index >= 15 is 0 Å². The molecule has 2 saturated carbocycles. The van der Waals surface area contributed by atoms with Crippen molar-refractivity contribution in [2.75, 3.05) is 11.4 Å². The van der Waals surface area contributed by atoms with Crippen LogP contribution in [0, 0.1) is 11.7 Å². The van der Waals surface area contributed by atoms with E-state index in [1.807, 2.05) is 12.1 Å². The quantitative estimate of drug-likeness (QED) is 0.817. The lowest BCUT2D eigenvalue weighted by Crippen LogP contribution is -2.43. The summed E-state index contributed by atoms with van der Waals surface area (Å²) in [6.45, 7) is 1.09. The van der Waals surface area contributed by atoms with Crippen molar-refractivity contribution in [2.24, 2.45) is 5.92 Å². The molecule has 3 nitrogen and oxygen atoms in total. The van der Waals surface area contributed by atoms with E-state index in [0.717, 1.165) is 50.2 Å². The summed E-state index contributed by atoms with van der Waals surface area (Å²) in [6, 6.07) is 7.74. The van der Waals surface area contributed by atoms with Crippen LogP contribution in [0.5, 0.6) is 0 Å². The molecule has 4 heteroatoms. The van der Waals surface area contributed by atoms with Crippen molar-refractivity contribution in [1.82, 2.24) is 5.32 Å². The summed E-state index contributed by atoms with van der Waals surface area (Å²) in [5.41, 5.74) is 1.13. The van der Waals surface area contributed by atoms with Crippen molar-refractivity contribution in [3.63, 3.8) is 0 Å². The highest BCUT2D eigenvalue weighted by atomic mass is 19.1. The molecule has 0 bridgehead atoms. The number of benzene rings is 1. The minimum absolute atomic E-state index is 0.177. The molecule has 2 aliphatic rings. The molecule has 0 heterocycles. The maximum Gasteiger partial charge on any atom is 0.207 e. The number of hydrogen-bond donors (Lipinski definition) is 1. The second-order valence-corrected chi connectivity index (χ2v) is 6.36. The summed E-state index contributed by atoms with van der Waals surface area (Å²) in [5.74, 6) is 0.630. The number of halogens is 1. The molecule has 21 heavy (non-hydrogen) atoms. The average Bonchev–Trinajstić information content (AvgIpc) is 3.31. The smallest absolute Gasteiger partial charge is 0.207 e.